The van der Waals surface area contributed by atoms with Crippen molar-refractivity contribution in [3.63, 3.8) is 0 Å². The Hall–Kier alpha value is -0.790. The standard InChI is InChI=1S/C9H15NO/c11-9-7-5-3-1-2-4-6-8-10-9/h1,3H,2,4-8H2,(H,10,11)/b3-1-. The number of carbonyl (C=O) groups is 1. The zero-order valence-electron chi connectivity index (χ0n) is 6.81. The Balaban J connectivity index is 2.29. The van der Waals surface area contributed by atoms with E-state index in [0.717, 1.165) is 25.8 Å². The van der Waals surface area contributed by atoms with Crippen molar-refractivity contribution >= 4 is 5.91 Å². The van der Waals surface area contributed by atoms with E-state index >= 15 is 0 Å². The van der Waals surface area contributed by atoms with E-state index in [0.29, 0.717) is 6.42 Å². The zero-order valence-corrected chi connectivity index (χ0v) is 6.81. The van der Waals surface area contributed by atoms with Gasteiger partial charge in [-0.1, -0.05) is 12.2 Å². The summed E-state index contributed by atoms with van der Waals surface area (Å²) in [4.78, 5) is 11.0. The molecular weight excluding hydrogens is 138 g/mol. The molecule has 2 heteroatoms. The topological polar surface area (TPSA) is 29.1 Å². The summed E-state index contributed by atoms with van der Waals surface area (Å²) in [6, 6.07) is 0. The molecule has 0 saturated carbocycles. The fraction of sp³-hybridized carbons (Fsp3) is 0.667. The lowest BCUT2D eigenvalue weighted by molar-refractivity contribution is -0.121. The van der Waals surface area contributed by atoms with Crippen LogP contribution in [0.1, 0.15) is 32.1 Å². The maximum Gasteiger partial charge on any atom is 0.220 e. The first-order valence-corrected chi connectivity index (χ1v) is 4.31. The molecule has 1 aliphatic heterocycles. The molecular formula is C9H15NO. The molecule has 0 bridgehead atoms. The molecule has 0 aliphatic carbocycles. The van der Waals surface area contributed by atoms with Crippen molar-refractivity contribution in [1.82, 2.24) is 5.32 Å². The zero-order chi connectivity index (χ0) is 7.94. The molecule has 1 heterocycles. The van der Waals surface area contributed by atoms with Crippen molar-refractivity contribution in [3.8, 4) is 0 Å². The van der Waals surface area contributed by atoms with Crippen molar-refractivity contribution in [2.45, 2.75) is 32.1 Å². The van der Waals surface area contributed by atoms with Gasteiger partial charge in [0.15, 0.2) is 0 Å². The maximum atomic E-state index is 11.0. The first kappa shape index (κ1) is 8.31. The highest BCUT2D eigenvalue weighted by Crippen LogP contribution is 2.00. The number of hydrogen-bond acceptors (Lipinski definition) is 1. The third-order valence-electron chi connectivity index (χ3n) is 1.82. The molecule has 0 spiro atoms. The van der Waals surface area contributed by atoms with Gasteiger partial charge in [-0.2, -0.15) is 0 Å². The van der Waals surface area contributed by atoms with Crippen LogP contribution in [0.15, 0.2) is 12.2 Å². The monoisotopic (exact) mass is 153 g/mol. The number of allylic oxidation sites excluding steroid dienone is 2. The molecule has 0 saturated heterocycles. The molecule has 0 aromatic heterocycles. The number of rotatable bonds is 0. The van der Waals surface area contributed by atoms with Crippen LogP contribution in [0.4, 0.5) is 0 Å². The molecule has 0 aromatic carbocycles. The van der Waals surface area contributed by atoms with Crippen LogP contribution in [0, 0.1) is 0 Å². The molecule has 62 valence electrons. The SMILES string of the molecule is O=C1CC/C=C\CCCCN1. The van der Waals surface area contributed by atoms with Gasteiger partial charge in [-0.3, -0.25) is 4.79 Å². The van der Waals surface area contributed by atoms with Crippen LogP contribution in [0.3, 0.4) is 0 Å². The van der Waals surface area contributed by atoms with Crippen LogP contribution in [-0.4, -0.2) is 12.5 Å². The van der Waals surface area contributed by atoms with E-state index in [1.165, 1.54) is 6.42 Å². The van der Waals surface area contributed by atoms with Crippen molar-refractivity contribution in [2.75, 3.05) is 6.54 Å². The molecule has 2 nitrogen and oxygen atoms in total. The van der Waals surface area contributed by atoms with Gasteiger partial charge in [0.2, 0.25) is 5.91 Å². The molecule has 0 radical (unpaired) electrons. The van der Waals surface area contributed by atoms with Gasteiger partial charge in [-0.05, 0) is 25.7 Å². The van der Waals surface area contributed by atoms with Gasteiger partial charge in [-0.15, -0.1) is 0 Å². The van der Waals surface area contributed by atoms with Crippen molar-refractivity contribution in [1.29, 1.82) is 0 Å². The number of carbonyl (C=O) groups excluding carboxylic acids is 1. The summed E-state index contributed by atoms with van der Waals surface area (Å²) in [5.41, 5.74) is 0. The quantitative estimate of drug-likeness (QED) is 0.526. The predicted molar refractivity (Wildman–Crippen MR) is 45.2 cm³/mol. The van der Waals surface area contributed by atoms with Gasteiger partial charge < -0.3 is 5.32 Å². The molecule has 11 heavy (non-hydrogen) atoms. The minimum Gasteiger partial charge on any atom is -0.356 e. The van der Waals surface area contributed by atoms with Crippen LogP contribution >= 0.6 is 0 Å². The molecule has 0 unspecified atom stereocenters. The van der Waals surface area contributed by atoms with E-state index < -0.39 is 0 Å². The summed E-state index contributed by atoms with van der Waals surface area (Å²) in [5, 5.41) is 2.88. The number of hydrogen-bond donors (Lipinski definition) is 1. The summed E-state index contributed by atoms with van der Waals surface area (Å²) in [6.45, 7) is 0.854. The summed E-state index contributed by atoms with van der Waals surface area (Å²) < 4.78 is 0. The minimum absolute atomic E-state index is 0.191. The van der Waals surface area contributed by atoms with E-state index in [4.69, 9.17) is 0 Å². The van der Waals surface area contributed by atoms with Gasteiger partial charge in [0, 0.05) is 13.0 Å². The average molecular weight is 153 g/mol. The van der Waals surface area contributed by atoms with Gasteiger partial charge in [0.1, 0.15) is 0 Å². The van der Waals surface area contributed by atoms with Gasteiger partial charge >= 0.3 is 0 Å². The van der Waals surface area contributed by atoms with Crippen molar-refractivity contribution < 1.29 is 4.79 Å². The smallest absolute Gasteiger partial charge is 0.220 e. The fourth-order valence-electron chi connectivity index (χ4n) is 1.15. The van der Waals surface area contributed by atoms with Gasteiger partial charge in [0.05, 0.1) is 0 Å². The maximum absolute atomic E-state index is 11.0. The minimum atomic E-state index is 0.191. The van der Waals surface area contributed by atoms with E-state index in [1.54, 1.807) is 0 Å². The van der Waals surface area contributed by atoms with Crippen molar-refractivity contribution in [2.24, 2.45) is 0 Å². The Morgan fingerprint density at radius 1 is 1.18 bits per heavy atom. The lowest BCUT2D eigenvalue weighted by Gasteiger charge is -2.04. The highest BCUT2D eigenvalue weighted by Gasteiger charge is 1.98. The van der Waals surface area contributed by atoms with E-state index in [9.17, 15) is 4.79 Å². The second-order valence-electron chi connectivity index (χ2n) is 2.86. The normalized spacial score (nSPS) is 23.8. The molecule has 1 N–H and O–H groups in total. The van der Waals surface area contributed by atoms with Crippen LogP contribution in [0.2, 0.25) is 0 Å². The summed E-state index contributed by atoms with van der Waals surface area (Å²) in [5.74, 6) is 0.191. The molecule has 0 aromatic rings. The van der Waals surface area contributed by atoms with Gasteiger partial charge in [-0.25, -0.2) is 0 Å². The highest BCUT2D eigenvalue weighted by atomic mass is 16.1. The molecule has 0 atom stereocenters. The number of nitrogens with one attached hydrogen (secondary N) is 1. The average Bonchev–Trinajstić information content (AvgIpc) is 2.03. The highest BCUT2D eigenvalue weighted by molar-refractivity contribution is 5.75. The van der Waals surface area contributed by atoms with Crippen LogP contribution in [0.25, 0.3) is 0 Å². The molecule has 1 aliphatic rings. The second-order valence-corrected chi connectivity index (χ2v) is 2.86. The first-order chi connectivity index (χ1) is 5.39. The summed E-state index contributed by atoms with van der Waals surface area (Å²) in [7, 11) is 0. The first-order valence-electron chi connectivity index (χ1n) is 4.31. The summed E-state index contributed by atoms with van der Waals surface area (Å²) >= 11 is 0. The third-order valence-corrected chi connectivity index (χ3v) is 1.82. The van der Waals surface area contributed by atoms with E-state index in [1.807, 2.05) is 0 Å². The molecule has 1 amide bonds. The summed E-state index contributed by atoms with van der Waals surface area (Å²) in [6.07, 6.45) is 9.29. The Bertz CT molecular complexity index is 152. The fourth-order valence-corrected chi connectivity index (χ4v) is 1.15. The second kappa shape index (κ2) is 4.94. The van der Waals surface area contributed by atoms with Crippen LogP contribution in [0.5, 0.6) is 0 Å². The van der Waals surface area contributed by atoms with Crippen LogP contribution < -0.4 is 5.32 Å². The Kier molecular flexibility index (Phi) is 3.73. The Labute approximate surface area is 67.7 Å². The van der Waals surface area contributed by atoms with Crippen molar-refractivity contribution in [3.05, 3.63) is 12.2 Å². The predicted octanol–water partition coefficient (Wildman–Crippen LogP) is 1.62. The van der Waals surface area contributed by atoms with E-state index in [2.05, 4.69) is 17.5 Å². The largest absolute Gasteiger partial charge is 0.356 e. The molecule has 1 rings (SSSR count). The lowest BCUT2D eigenvalue weighted by Crippen LogP contribution is -2.23. The Morgan fingerprint density at radius 2 is 2.00 bits per heavy atom. The van der Waals surface area contributed by atoms with Gasteiger partial charge in [0.25, 0.3) is 0 Å². The Morgan fingerprint density at radius 3 is 2.91 bits per heavy atom. The van der Waals surface area contributed by atoms with E-state index in [-0.39, 0.29) is 5.91 Å². The number of amides is 1. The lowest BCUT2D eigenvalue weighted by atomic mass is 10.2. The third kappa shape index (κ3) is 3.81. The van der Waals surface area contributed by atoms with Crippen LogP contribution in [-0.2, 0) is 4.79 Å². The molecule has 0 fully saturated rings.